The van der Waals surface area contributed by atoms with E-state index in [2.05, 4.69) is 58.2 Å². The Kier molecular flexibility index (Phi) is 7.63. The van der Waals surface area contributed by atoms with Gasteiger partial charge in [0, 0.05) is 35.3 Å². The average molecular weight is 500 g/mol. The fourth-order valence-electron chi connectivity index (χ4n) is 5.82. The van der Waals surface area contributed by atoms with E-state index in [0.29, 0.717) is 30.2 Å². The summed E-state index contributed by atoms with van der Waals surface area (Å²) in [5, 5.41) is 14.5. The zero-order chi connectivity index (χ0) is 25.8. The third-order valence-corrected chi connectivity index (χ3v) is 7.84. The molecule has 1 aromatic carbocycles. The topological polar surface area (TPSA) is 94.3 Å². The van der Waals surface area contributed by atoms with Crippen molar-refractivity contribution in [3.63, 3.8) is 0 Å². The van der Waals surface area contributed by atoms with Crippen LogP contribution in [0.2, 0.25) is 0 Å². The van der Waals surface area contributed by atoms with Gasteiger partial charge in [-0.25, -0.2) is 4.79 Å². The summed E-state index contributed by atoms with van der Waals surface area (Å²) in [4.78, 5) is 18.5. The number of benzene rings is 1. The minimum absolute atomic E-state index is 0.108. The van der Waals surface area contributed by atoms with Gasteiger partial charge in [0.15, 0.2) is 0 Å². The number of H-pyrrole nitrogens is 1. The van der Waals surface area contributed by atoms with E-state index in [1.165, 1.54) is 19.3 Å². The van der Waals surface area contributed by atoms with Crippen molar-refractivity contribution in [2.45, 2.75) is 78.3 Å². The molecule has 0 saturated heterocycles. The molecule has 0 bridgehead atoms. The number of aromatic amines is 1. The van der Waals surface area contributed by atoms with E-state index in [9.17, 15) is 4.79 Å². The molecule has 0 spiro atoms. The molecule has 4 aromatic rings. The second-order valence-corrected chi connectivity index (χ2v) is 10.6. The first-order valence-corrected chi connectivity index (χ1v) is 13.7. The summed E-state index contributed by atoms with van der Waals surface area (Å²) < 4.78 is 4.02. The van der Waals surface area contributed by atoms with Gasteiger partial charge in [-0.1, -0.05) is 70.4 Å². The zero-order valence-electron chi connectivity index (χ0n) is 22.1. The summed E-state index contributed by atoms with van der Waals surface area (Å²) in [5.41, 5.74) is 4.97. The summed E-state index contributed by atoms with van der Waals surface area (Å²) in [6, 6.07) is 12.3. The molecule has 8 heteroatoms. The van der Waals surface area contributed by atoms with Crippen LogP contribution < -0.4 is 5.69 Å². The minimum atomic E-state index is 0.108. The maximum Gasteiger partial charge on any atom is 0.328 e. The van der Waals surface area contributed by atoms with Crippen LogP contribution >= 0.6 is 0 Å². The van der Waals surface area contributed by atoms with Crippen molar-refractivity contribution in [2.24, 2.45) is 11.8 Å². The molecule has 0 amide bonds. The van der Waals surface area contributed by atoms with Crippen LogP contribution in [0.3, 0.4) is 0 Å². The highest BCUT2D eigenvalue weighted by Gasteiger charge is 2.31. The molecule has 37 heavy (non-hydrogen) atoms. The van der Waals surface area contributed by atoms with Gasteiger partial charge in [-0.05, 0) is 54.4 Å². The molecule has 1 aliphatic carbocycles. The standard InChI is InChI=1S/C29H37N7O/c1-4-5-10-23-19-36(27-14-9-8-11-24(27)20(2)3)29(37)35(23)18-22-16-15-21(17-30-22)25-12-6-7-13-26(25)28-31-33-34-32-28/h6-7,12-13,15-17,19-20,24,27H,4-5,8-11,14,18H2,1-3H3,(H,31,32,33,34). The van der Waals surface area contributed by atoms with Crippen LogP contribution in [0.5, 0.6) is 0 Å². The lowest BCUT2D eigenvalue weighted by atomic mass is 9.78. The number of aromatic nitrogens is 7. The molecule has 1 aliphatic rings. The predicted molar refractivity (Wildman–Crippen MR) is 145 cm³/mol. The fourth-order valence-corrected chi connectivity index (χ4v) is 5.82. The summed E-state index contributed by atoms with van der Waals surface area (Å²) >= 11 is 0. The smallest absolute Gasteiger partial charge is 0.296 e. The maximum absolute atomic E-state index is 13.8. The van der Waals surface area contributed by atoms with Crippen molar-refractivity contribution in [1.82, 2.24) is 34.7 Å². The number of rotatable bonds is 9. The second kappa shape index (κ2) is 11.2. The lowest BCUT2D eigenvalue weighted by Gasteiger charge is -2.34. The van der Waals surface area contributed by atoms with Gasteiger partial charge in [0.25, 0.3) is 0 Å². The molecule has 2 atom stereocenters. The summed E-state index contributed by atoms with van der Waals surface area (Å²) in [6.07, 6.45) is 11.9. The fraction of sp³-hybridized carbons (Fsp3) is 0.483. The molecule has 194 valence electrons. The molecule has 3 aromatic heterocycles. The Morgan fingerprint density at radius 2 is 1.89 bits per heavy atom. The van der Waals surface area contributed by atoms with Crippen molar-refractivity contribution >= 4 is 0 Å². The van der Waals surface area contributed by atoms with Crippen LogP contribution in [0.25, 0.3) is 22.5 Å². The van der Waals surface area contributed by atoms with Crippen LogP contribution in [-0.2, 0) is 13.0 Å². The summed E-state index contributed by atoms with van der Waals surface area (Å²) in [6.45, 7) is 7.27. The molecule has 1 saturated carbocycles. The van der Waals surface area contributed by atoms with Gasteiger partial charge < -0.3 is 0 Å². The number of aryl methyl sites for hydroxylation is 1. The van der Waals surface area contributed by atoms with Gasteiger partial charge in [-0.3, -0.25) is 14.1 Å². The Morgan fingerprint density at radius 1 is 1.08 bits per heavy atom. The Bertz CT molecular complexity index is 1350. The molecule has 1 fully saturated rings. The van der Waals surface area contributed by atoms with E-state index in [1.807, 2.05) is 41.1 Å². The van der Waals surface area contributed by atoms with E-state index < -0.39 is 0 Å². The highest BCUT2D eigenvalue weighted by molar-refractivity contribution is 5.79. The quantitative estimate of drug-likeness (QED) is 0.320. The van der Waals surface area contributed by atoms with E-state index in [-0.39, 0.29) is 5.69 Å². The molecule has 8 nitrogen and oxygen atoms in total. The highest BCUT2D eigenvalue weighted by atomic mass is 16.1. The number of hydrogen-bond donors (Lipinski definition) is 1. The number of imidazole rings is 1. The molecule has 0 radical (unpaired) electrons. The van der Waals surface area contributed by atoms with Gasteiger partial charge in [-0.2, -0.15) is 5.21 Å². The Morgan fingerprint density at radius 3 is 2.59 bits per heavy atom. The zero-order valence-corrected chi connectivity index (χ0v) is 22.1. The van der Waals surface area contributed by atoms with Crippen molar-refractivity contribution < 1.29 is 0 Å². The largest absolute Gasteiger partial charge is 0.328 e. The van der Waals surface area contributed by atoms with Crippen molar-refractivity contribution in [2.75, 3.05) is 0 Å². The molecule has 2 unspecified atom stereocenters. The Balaban J connectivity index is 1.44. The maximum atomic E-state index is 13.8. The Labute approximate surface area is 218 Å². The van der Waals surface area contributed by atoms with Gasteiger partial charge in [0.1, 0.15) is 0 Å². The second-order valence-electron chi connectivity index (χ2n) is 10.6. The normalized spacial score (nSPS) is 17.9. The van der Waals surface area contributed by atoms with Crippen molar-refractivity contribution in [3.05, 3.63) is 70.7 Å². The molecule has 1 N–H and O–H groups in total. The van der Waals surface area contributed by atoms with Crippen LogP contribution in [0.1, 0.15) is 76.7 Å². The number of hydrogen-bond acceptors (Lipinski definition) is 5. The number of nitrogens with one attached hydrogen (secondary N) is 1. The number of unbranched alkanes of at least 4 members (excludes halogenated alkanes) is 1. The van der Waals surface area contributed by atoms with E-state index in [1.54, 1.807) is 0 Å². The minimum Gasteiger partial charge on any atom is -0.296 e. The van der Waals surface area contributed by atoms with Crippen LogP contribution in [0, 0.1) is 11.8 Å². The van der Waals surface area contributed by atoms with Crippen LogP contribution in [-0.4, -0.2) is 34.7 Å². The first-order chi connectivity index (χ1) is 18.1. The van der Waals surface area contributed by atoms with Crippen LogP contribution in [0.15, 0.2) is 53.6 Å². The van der Waals surface area contributed by atoms with Gasteiger partial charge in [-0.15, -0.1) is 10.2 Å². The number of nitrogens with zero attached hydrogens (tertiary/aromatic N) is 6. The van der Waals surface area contributed by atoms with Crippen LogP contribution in [0.4, 0.5) is 0 Å². The molecule has 0 aliphatic heterocycles. The summed E-state index contributed by atoms with van der Waals surface area (Å²) in [5.74, 6) is 1.68. The van der Waals surface area contributed by atoms with Gasteiger partial charge >= 0.3 is 5.69 Å². The highest BCUT2D eigenvalue weighted by Crippen LogP contribution is 2.38. The van der Waals surface area contributed by atoms with E-state index >= 15 is 0 Å². The molecular formula is C29H37N7O. The molecular weight excluding hydrogens is 462 g/mol. The molecule has 3 heterocycles. The average Bonchev–Trinajstić information content (AvgIpc) is 3.57. The van der Waals surface area contributed by atoms with Gasteiger partial charge in [0.05, 0.1) is 12.2 Å². The number of tetrazole rings is 1. The summed E-state index contributed by atoms with van der Waals surface area (Å²) in [7, 11) is 0. The third-order valence-electron chi connectivity index (χ3n) is 7.84. The first kappa shape index (κ1) is 25.1. The van der Waals surface area contributed by atoms with Gasteiger partial charge in [0.2, 0.25) is 5.82 Å². The predicted octanol–water partition coefficient (Wildman–Crippen LogP) is 5.67. The SMILES string of the molecule is CCCCc1cn(C2CCCCC2C(C)C)c(=O)n1Cc1ccc(-c2ccccc2-c2nn[nH]n2)cn1. The van der Waals surface area contributed by atoms with Crippen molar-refractivity contribution in [1.29, 1.82) is 0 Å². The lowest BCUT2D eigenvalue weighted by molar-refractivity contribution is 0.180. The van der Waals surface area contributed by atoms with Crippen molar-refractivity contribution in [3.8, 4) is 22.5 Å². The van der Waals surface area contributed by atoms with E-state index in [4.69, 9.17) is 4.98 Å². The Hall–Kier alpha value is -3.55. The monoisotopic (exact) mass is 499 g/mol. The lowest BCUT2D eigenvalue weighted by Crippen LogP contribution is -2.34. The first-order valence-electron chi connectivity index (χ1n) is 13.7. The third kappa shape index (κ3) is 5.29. The molecule has 5 rings (SSSR count). The number of pyridine rings is 1. The van der Waals surface area contributed by atoms with E-state index in [0.717, 1.165) is 53.8 Å².